The van der Waals surface area contributed by atoms with E-state index in [0.29, 0.717) is 0 Å². The van der Waals surface area contributed by atoms with Crippen LogP contribution in [0.15, 0.2) is 22.7 Å². The van der Waals surface area contributed by atoms with Gasteiger partial charge in [0.2, 0.25) is 11.8 Å². The van der Waals surface area contributed by atoms with Crippen LogP contribution in [0.3, 0.4) is 0 Å². The first-order valence-corrected chi connectivity index (χ1v) is 10.5. The van der Waals surface area contributed by atoms with Gasteiger partial charge in [-0.05, 0) is 87.0 Å². The van der Waals surface area contributed by atoms with E-state index in [9.17, 15) is 9.59 Å². The number of aryl methyl sites for hydroxylation is 1. The summed E-state index contributed by atoms with van der Waals surface area (Å²) in [5, 5.41) is 2.94. The summed E-state index contributed by atoms with van der Waals surface area (Å²) in [7, 11) is 1.79. The lowest BCUT2D eigenvalue weighted by atomic mass is 9.49. The highest BCUT2D eigenvalue weighted by Gasteiger charge is 2.55. The zero-order valence-corrected chi connectivity index (χ0v) is 17.1. The highest BCUT2D eigenvalue weighted by Crippen LogP contribution is 2.60. The molecule has 4 bridgehead atoms. The molecular formula is C21H27BrN2O2. The SMILES string of the molecule is Cc1cc(Br)ccc1NC(=O)CN(C)C(=O)C12CC3CC(CC(C3)C1)C2. The predicted molar refractivity (Wildman–Crippen MR) is 106 cm³/mol. The number of rotatable bonds is 4. The van der Waals surface area contributed by atoms with E-state index in [2.05, 4.69) is 21.2 Å². The molecule has 0 heterocycles. The molecule has 1 N–H and O–H groups in total. The number of carbonyl (C=O) groups excluding carboxylic acids is 2. The lowest BCUT2D eigenvalue weighted by Crippen LogP contribution is -2.54. The second-order valence-electron chi connectivity index (χ2n) is 8.87. The maximum Gasteiger partial charge on any atom is 0.243 e. The van der Waals surface area contributed by atoms with Crippen molar-refractivity contribution in [2.45, 2.75) is 45.4 Å². The summed E-state index contributed by atoms with van der Waals surface area (Å²) in [5.41, 5.74) is 1.62. The van der Waals surface area contributed by atoms with Crippen LogP contribution in [-0.4, -0.2) is 30.3 Å². The van der Waals surface area contributed by atoms with Crippen molar-refractivity contribution in [3.8, 4) is 0 Å². The molecule has 4 nitrogen and oxygen atoms in total. The molecule has 0 radical (unpaired) electrons. The van der Waals surface area contributed by atoms with Crippen LogP contribution in [-0.2, 0) is 9.59 Å². The molecule has 0 atom stereocenters. The zero-order chi connectivity index (χ0) is 18.5. The minimum atomic E-state index is -0.183. The van der Waals surface area contributed by atoms with Gasteiger partial charge in [-0.3, -0.25) is 9.59 Å². The first kappa shape index (κ1) is 18.0. The van der Waals surface area contributed by atoms with E-state index >= 15 is 0 Å². The smallest absolute Gasteiger partial charge is 0.243 e. The number of hydrogen-bond donors (Lipinski definition) is 1. The van der Waals surface area contributed by atoms with Gasteiger partial charge in [0.05, 0.1) is 12.0 Å². The summed E-state index contributed by atoms with van der Waals surface area (Å²) in [6, 6.07) is 5.77. The van der Waals surface area contributed by atoms with E-state index in [-0.39, 0.29) is 23.8 Å². The number of halogens is 1. The number of benzene rings is 1. The predicted octanol–water partition coefficient (Wildman–Crippen LogP) is 4.37. The van der Waals surface area contributed by atoms with Crippen molar-refractivity contribution in [3.63, 3.8) is 0 Å². The van der Waals surface area contributed by atoms with Gasteiger partial charge in [-0.25, -0.2) is 0 Å². The number of nitrogens with zero attached hydrogens (tertiary/aromatic N) is 1. The molecule has 0 aromatic heterocycles. The highest BCUT2D eigenvalue weighted by molar-refractivity contribution is 9.10. The average Bonchev–Trinajstić information content (AvgIpc) is 2.55. The molecule has 5 rings (SSSR count). The number of nitrogens with one attached hydrogen (secondary N) is 1. The minimum absolute atomic E-state index is 0.121. The van der Waals surface area contributed by atoms with Gasteiger partial charge >= 0.3 is 0 Å². The molecule has 0 spiro atoms. The Balaban J connectivity index is 1.40. The van der Waals surface area contributed by atoms with Gasteiger partial charge in [-0.15, -0.1) is 0 Å². The third-order valence-corrected chi connectivity index (χ3v) is 7.18. The molecule has 1 aromatic rings. The Hall–Kier alpha value is -1.36. The summed E-state index contributed by atoms with van der Waals surface area (Å²) in [4.78, 5) is 27.4. The fourth-order valence-corrected chi connectivity index (χ4v) is 6.50. The van der Waals surface area contributed by atoms with Gasteiger partial charge in [0, 0.05) is 17.2 Å². The first-order valence-electron chi connectivity index (χ1n) is 9.66. The van der Waals surface area contributed by atoms with Crippen LogP contribution in [0, 0.1) is 30.1 Å². The van der Waals surface area contributed by atoms with Crippen LogP contribution < -0.4 is 5.32 Å². The molecule has 4 aliphatic rings. The molecule has 0 unspecified atom stereocenters. The van der Waals surface area contributed by atoms with E-state index in [1.807, 2.05) is 25.1 Å². The molecule has 4 aliphatic carbocycles. The van der Waals surface area contributed by atoms with Crippen LogP contribution in [0.5, 0.6) is 0 Å². The Labute approximate surface area is 163 Å². The molecule has 2 amide bonds. The van der Waals surface area contributed by atoms with E-state index in [1.165, 1.54) is 19.3 Å². The monoisotopic (exact) mass is 418 g/mol. The van der Waals surface area contributed by atoms with Gasteiger partial charge < -0.3 is 10.2 Å². The molecule has 4 saturated carbocycles. The number of amides is 2. The molecule has 4 fully saturated rings. The molecule has 0 aliphatic heterocycles. The second kappa shape index (κ2) is 6.66. The summed E-state index contributed by atoms with van der Waals surface area (Å²) in [5.74, 6) is 2.27. The van der Waals surface area contributed by atoms with E-state index in [4.69, 9.17) is 0 Å². The first-order chi connectivity index (χ1) is 12.3. The van der Waals surface area contributed by atoms with Crippen LogP contribution in [0.1, 0.15) is 44.1 Å². The van der Waals surface area contributed by atoms with Crippen molar-refractivity contribution < 1.29 is 9.59 Å². The highest BCUT2D eigenvalue weighted by atomic mass is 79.9. The number of carbonyl (C=O) groups is 2. The Bertz CT molecular complexity index is 710. The lowest BCUT2D eigenvalue weighted by Gasteiger charge is -2.56. The van der Waals surface area contributed by atoms with Crippen molar-refractivity contribution >= 4 is 33.4 Å². The molecular weight excluding hydrogens is 392 g/mol. The molecule has 5 heteroatoms. The van der Waals surface area contributed by atoms with Gasteiger partial charge in [0.15, 0.2) is 0 Å². The molecule has 26 heavy (non-hydrogen) atoms. The Morgan fingerprint density at radius 1 is 1.15 bits per heavy atom. The van der Waals surface area contributed by atoms with E-state index < -0.39 is 0 Å². The van der Waals surface area contributed by atoms with Crippen molar-refractivity contribution in [2.24, 2.45) is 23.2 Å². The van der Waals surface area contributed by atoms with Gasteiger partial charge in [0.1, 0.15) is 0 Å². The van der Waals surface area contributed by atoms with Gasteiger partial charge in [0.25, 0.3) is 0 Å². The largest absolute Gasteiger partial charge is 0.336 e. The Morgan fingerprint density at radius 3 is 2.27 bits per heavy atom. The number of anilines is 1. The summed E-state index contributed by atoms with van der Waals surface area (Å²) >= 11 is 3.43. The van der Waals surface area contributed by atoms with Gasteiger partial charge in [-0.1, -0.05) is 15.9 Å². The molecule has 140 valence electrons. The van der Waals surface area contributed by atoms with Gasteiger partial charge in [-0.2, -0.15) is 0 Å². The maximum absolute atomic E-state index is 13.2. The summed E-state index contributed by atoms with van der Waals surface area (Å²) in [6.07, 6.45) is 7.07. The number of hydrogen-bond acceptors (Lipinski definition) is 2. The Kier molecular flexibility index (Phi) is 4.62. The van der Waals surface area contributed by atoms with Crippen molar-refractivity contribution in [1.29, 1.82) is 0 Å². The zero-order valence-electron chi connectivity index (χ0n) is 15.6. The summed E-state index contributed by atoms with van der Waals surface area (Å²) in [6.45, 7) is 2.08. The average molecular weight is 419 g/mol. The topological polar surface area (TPSA) is 49.4 Å². The fraction of sp³-hybridized carbons (Fsp3) is 0.619. The third kappa shape index (κ3) is 3.30. The molecule has 1 aromatic carbocycles. The fourth-order valence-electron chi connectivity index (χ4n) is 6.02. The quantitative estimate of drug-likeness (QED) is 0.788. The summed E-state index contributed by atoms with van der Waals surface area (Å²) < 4.78 is 0.988. The van der Waals surface area contributed by atoms with Crippen molar-refractivity contribution in [2.75, 3.05) is 18.9 Å². The van der Waals surface area contributed by atoms with Crippen molar-refractivity contribution in [1.82, 2.24) is 4.90 Å². The molecule has 0 saturated heterocycles. The third-order valence-electron chi connectivity index (χ3n) is 6.68. The van der Waals surface area contributed by atoms with E-state index in [1.54, 1.807) is 11.9 Å². The minimum Gasteiger partial charge on any atom is -0.336 e. The van der Waals surface area contributed by atoms with Crippen LogP contribution in [0.4, 0.5) is 5.69 Å². The van der Waals surface area contributed by atoms with E-state index in [0.717, 1.165) is 52.7 Å². The second-order valence-corrected chi connectivity index (χ2v) is 9.78. The van der Waals surface area contributed by atoms with Crippen LogP contribution >= 0.6 is 15.9 Å². The normalized spacial score (nSPS) is 31.7. The van der Waals surface area contributed by atoms with Crippen LogP contribution in [0.25, 0.3) is 0 Å². The lowest BCUT2D eigenvalue weighted by molar-refractivity contribution is -0.157. The van der Waals surface area contributed by atoms with Crippen LogP contribution in [0.2, 0.25) is 0 Å². The Morgan fingerprint density at radius 2 is 1.73 bits per heavy atom. The number of likely N-dealkylation sites (N-methyl/N-ethyl adjacent to an activating group) is 1. The standard InChI is InChI=1S/C21H27BrN2O2/c1-13-5-17(22)3-4-18(13)23-19(25)12-24(2)20(26)21-9-14-6-15(10-21)8-16(7-14)11-21/h3-5,14-16H,6-12H2,1-2H3,(H,23,25). The maximum atomic E-state index is 13.2. The van der Waals surface area contributed by atoms with Crippen molar-refractivity contribution in [3.05, 3.63) is 28.2 Å².